The molecule has 1 aliphatic heterocycles. The molecule has 1 aromatic heterocycles. The van der Waals surface area contributed by atoms with Gasteiger partial charge in [0.1, 0.15) is 11.7 Å². The standard InChI is InChI=1S/C12H17N3O3/c1-8-3-4-15(9(5-8)12(17)18)11(16)10-6-13-7-14(10)2/h6-9H,3-5H2,1-2H3,(H,17,18). The third kappa shape index (κ3) is 2.23. The number of rotatable bonds is 2. The van der Waals surface area contributed by atoms with Gasteiger partial charge in [0.15, 0.2) is 0 Å². The molecular formula is C12H17N3O3. The van der Waals surface area contributed by atoms with Crippen LogP contribution in [0.4, 0.5) is 0 Å². The first-order valence-corrected chi connectivity index (χ1v) is 6.00. The van der Waals surface area contributed by atoms with E-state index in [4.69, 9.17) is 0 Å². The van der Waals surface area contributed by atoms with Gasteiger partial charge in [0.25, 0.3) is 5.91 Å². The van der Waals surface area contributed by atoms with Gasteiger partial charge in [-0.25, -0.2) is 9.78 Å². The van der Waals surface area contributed by atoms with E-state index in [2.05, 4.69) is 4.98 Å². The molecule has 0 radical (unpaired) electrons. The largest absolute Gasteiger partial charge is 0.480 e. The van der Waals surface area contributed by atoms with Crippen LogP contribution in [0.15, 0.2) is 12.5 Å². The van der Waals surface area contributed by atoms with Crippen LogP contribution in [0.25, 0.3) is 0 Å². The molecule has 1 fully saturated rings. The molecule has 1 amide bonds. The molecule has 2 atom stereocenters. The molecule has 2 heterocycles. The molecule has 0 spiro atoms. The molecule has 2 rings (SSSR count). The Balaban J connectivity index is 2.23. The zero-order valence-corrected chi connectivity index (χ0v) is 10.5. The number of aryl methyl sites for hydroxylation is 1. The number of carbonyl (C=O) groups excluding carboxylic acids is 1. The van der Waals surface area contributed by atoms with Gasteiger partial charge in [-0.2, -0.15) is 0 Å². The Bertz CT molecular complexity index is 469. The lowest BCUT2D eigenvalue weighted by molar-refractivity contribution is -0.144. The highest BCUT2D eigenvalue weighted by Gasteiger charge is 2.35. The lowest BCUT2D eigenvalue weighted by Crippen LogP contribution is -2.50. The number of carboxylic acids is 1. The van der Waals surface area contributed by atoms with E-state index >= 15 is 0 Å². The number of aromatic nitrogens is 2. The molecule has 98 valence electrons. The maximum atomic E-state index is 12.3. The molecule has 1 N–H and O–H groups in total. The number of carboxylic acid groups (broad SMARTS) is 1. The first-order chi connectivity index (χ1) is 8.50. The predicted molar refractivity (Wildman–Crippen MR) is 64.1 cm³/mol. The van der Waals surface area contributed by atoms with E-state index in [1.807, 2.05) is 6.92 Å². The fourth-order valence-electron chi connectivity index (χ4n) is 2.33. The smallest absolute Gasteiger partial charge is 0.326 e. The highest BCUT2D eigenvalue weighted by Crippen LogP contribution is 2.24. The van der Waals surface area contributed by atoms with Crippen molar-refractivity contribution >= 4 is 11.9 Å². The Morgan fingerprint density at radius 3 is 2.78 bits per heavy atom. The van der Waals surface area contributed by atoms with Crippen LogP contribution in [-0.2, 0) is 11.8 Å². The normalized spacial score (nSPS) is 24.0. The van der Waals surface area contributed by atoms with E-state index in [1.54, 1.807) is 11.6 Å². The second kappa shape index (κ2) is 4.80. The second-order valence-corrected chi connectivity index (χ2v) is 4.87. The summed E-state index contributed by atoms with van der Waals surface area (Å²) >= 11 is 0. The van der Waals surface area contributed by atoms with E-state index < -0.39 is 12.0 Å². The summed E-state index contributed by atoms with van der Waals surface area (Å²) in [6, 6.07) is -0.726. The molecule has 0 saturated carbocycles. The lowest BCUT2D eigenvalue weighted by atomic mass is 9.92. The number of imidazole rings is 1. The quantitative estimate of drug-likeness (QED) is 0.841. The Morgan fingerprint density at radius 2 is 2.22 bits per heavy atom. The molecule has 1 aliphatic rings. The van der Waals surface area contributed by atoms with Crippen molar-refractivity contribution in [1.29, 1.82) is 0 Å². The summed E-state index contributed by atoms with van der Waals surface area (Å²) in [7, 11) is 1.72. The van der Waals surface area contributed by atoms with Gasteiger partial charge in [0.05, 0.1) is 12.5 Å². The van der Waals surface area contributed by atoms with Crippen LogP contribution in [0.1, 0.15) is 30.3 Å². The summed E-state index contributed by atoms with van der Waals surface area (Å²) < 4.78 is 1.61. The summed E-state index contributed by atoms with van der Waals surface area (Å²) in [6.45, 7) is 2.50. The maximum Gasteiger partial charge on any atom is 0.326 e. The van der Waals surface area contributed by atoms with Crippen molar-refractivity contribution in [2.75, 3.05) is 6.54 Å². The topological polar surface area (TPSA) is 75.4 Å². The molecule has 0 aliphatic carbocycles. The van der Waals surface area contributed by atoms with Crippen molar-refractivity contribution in [3.63, 3.8) is 0 Å². The van der Waals surface area contributed by atoms with Gasteiger partial charge in [-0.05, 0) is 18.8 Å². The van der Waals surface area contributed by atoms with Crippen molar-refractivity contribution in [3.05, 3.63) is 18.2 Å². The first-order valence-electron chi connectivity index (χ1n) is 6.00. The van der Waals surface area contributed by atoms with Crippen molar-refractivity contribution < 1.29 is 14.7 Å². The number of hydrogen-bond acceptors (Lipinski definition) is 3. The summed E-state index contributed by atoms with van der Waals surface area (Å²) in [6.07, 6.45) is 4.36. The number of likely N-dealkylation sites (tertiary alicyclic amines) is 1. The van der Waals surface area contributed by atoms with Crippen LogP contribution >= 0.6 is 0 Å². The predicted octanol–water partition coefficient (Wildman–Crippen LogP) is 0.745. The summed E-state index contributed by atoms with van der Waals surface area (Å²) in [5.74, 6) is -0.854. The minimum absolute atomic E-state index is 0.255. The SMILES string of the molecule is CC1CCN(C(=O)c2cncn2C)C(C(=O)O)C1. The second-order valence-electron chi connectivity index (χ2n) is 4.87. The van der Waals surface area contributed by atoms with Crippen LogP contribution in [0, 0.1) is 5.92 Å². The average molecular weight is 251 g/mol. The van der Waals surface area contributed by atoms with Crippen molar-refractivity contribution in [2.24, 2.45) is 13.0 Å². The summed E-state index contributed by atoms with van der Waals surface area (Å²) in [5.41, 5.74) is 0.427. The summed E-state index contributed by atoms with van der Waals surface area (Å²) in [5, 5.41) is 9.23. The molecule has 6 nitrogen and oxygen atoms in total. The highest BCUT2D eigenvalue weighted by atomic mass is 16.4. The maximum absolute atomic E-state index is 12.3. The fourth-order valence-corrected chi connectivity index (χ4v) is 2.33. The Labute approximate surface area is 105 Å². The highest BCUT2D eigenvalue weighted by molar-refractivity contribution is 5.95. The zero-order chi connectivity index (χ0) is 13.3. The number of nitrogens with zero attached hydrogens (tertiary/aromatic N) is 3. The van der Waals surface area contributed by atoms with E-state index in [9.17, 15) is 14.7 Å². The number of aliphatic carboxylic acids is 1. The molecule has 0 aromatic carbocycles. The molecule has 1 saturated heterocycles. The molecule has 18 heavy (non-hydrogen) atoms. The Hall–Kier alpha value is -1.85. The molecule has 6 heteroatoms. The van der Waals surface area contributed by atoms with E-state index in [-0.39, 0.29) is 5.91 Å². The van der Waals surface area contributed by atoms with Crippen LogP contribution in [-0.4, -0.2) is 44.0 Å². The van der Waals surface area contributed by atoms with Crippen LogP contribution in [0.5, 0.6) is 0 Å². The molecule has 1 aromatic rings. The first kappa shape index (κ1) is 12.6. The number of amides is 1. The minimum Gasteiger partial charge on any atom is -0.480 e. The van der Waals surface area contributed by atoms with Gasteiger partial charge in [-0.15, -0.1) is 0 Å². The molecular weight excluding hydrogens is 234 g/mol. The van der Waals surface area contributed by atoms with Crippen molar-refractivity contribution in [1.82, 2.24) is 14.5 Å². The van der Waals surface area contributed by atoms with Gasteiger partial charge in [0.2, 0.25) is 0 Å². The fraction of sp³-hybridized carbons (Fsp3) is 0.583. The van der Waals surface area contributed by atoms with Gasteiger partial charge >= 0.3 is 5.97 Å². The third-order valence-corrected chi connectivity index (χ3v) is 3.45. The van der Waals surface area contributed by atoms with Gasteiger partial charge in [-0.1, -0.05) is 6.92 Å². The van der Waals surface area contributed by atoms with Crippen molar-refractivity contribution in [2.45, 2.75) is 25.8 Å². The van der Waals surface area contributed by atoms with Crippen LogP contribution in [0.3, 0.4) is 0 Å². The lowest BCUT2D eigenvalue weighted by Gasteiger charge is -2.35. The molecule has 2 unspecified atom stereocenters. The average Bonchev–Trinajstić information content (AvgIpc) is 2.74. The van der Waals surface area contributed by atoms with Gasteiger partial charge < -0.3 is 14.6 Å². The van der Waals surface area contributed by atoms with E-state index in [0.29, 0.717) is 24.6 Å². The van der Waals surface area contributed by atoms with Crippen LogP contribution in [0.2, 0.25) is 0 Å². The third-order valence-electron chi connectivity index (χ3n) is 3.45. The van der Waals surface area contributed by atoms with Gasteiger partial charge in [-0.3, -0.25) is 4.79 Å². The Morgan fingerprint density at radius 1 is 1.50 bits per heavy atom. The minimum atomic E-state index is -0.933. The number of carbonyl (C=O) groups is 2. The van der Waals surface area contributed by atoms with Crippen LogP contribution < -0.4 is 0 Å². The number of hydrogen-bond donors (Lipinski definition) is 1. The van der Waals surface area contributed by atoms with Crippen molar-refractivity contribution in [3.8, 4) is 0 Å². The number of piperidine rings is 1. The van der Waals surface area contributed by atoms with Gasteiger partial charge in [0, 0.05) is 13.6 Å². The monoisotopic (exact) mass is 251 g/mol. The van der Waals surface area contributed by atoms with E-state index in [1.165, 1.54) is 17.4 Å². The summed E-state index contributed by atoms with van der Waals surface area (Å²) in [4.78, 5) is 28.9. The zero-order valence-electron chi connectivity index (χ0n) is 10.5. The molecule has 0 bridgehead atoms. The van der Waals surface area contributed by atoms with E-state index in [0.717, 1.165) is 6.42 Å². The Kier molecular flexibility index (Phi) is 3.36.